The topological polar surface area (TPSA) is 56.8 Å². The average Bonchev–Trinajstić information content (AvgIpc) is 2.49. The number of amides is 1. The number of nitrogens with one attached hydrogen (secondary N) is 1. The minimum Gasteiger partial charge on any atom is -0.497 e. The number of hydrogen-bond acceptors (Lipinski definition) is 4. The van der Waals surface area contributed by atoms with Gasteiger partial charge in [0.1, 0.15) is 17.2 Å². The van der Waals surface area contributed by atoms with Crippen LogP contribution in [0.15, 0.2) is 42.5 Å². The van der Waals surface area contributed by atoms with Gasteiger partial charge in [0.15, 0.2) is 0 Å². The van der Waals surface area contributed by atoms with E-state index < -0.39 is 6.09 Å². The molecular weight excluding hydrogens is 385 g/mol. The Labute approximate surface area is 136 Å². The van der Waals surface area contributed by atoms with E-state index in [0.29, 0.717) is 22.9 Å². The van der Waals surface area contributed by atoms with E-state index in [-0.39, 0.29) is 0 Å². The van der Waals surface area contributed by atoms with Gasteiger partial charge in [0, 0.05) is 6.07 Å². The Morgan fingerprint density at radius 1 is 1.05 bits per heavy atom. The lowest BCUT2D eigenvalue weighted by Gasteiger charge is -2.12. The highest BCUT2D eigenvalue weighted by molar-refractivity contribution is 14.1. The highest BCUT2D eigenvalue weighted by Crippen LogP contribution is 2.29. The van der Waals surface area contributed by atoms with Crippen molar-refractivity contribution in [2.45, 2.75) is 0 Å². The number of para-hydroxylation sites is 1. The first kappa shape index (κ1) is 15.4. The van der Waals surface area contributed by atoms with Crippen molar-refractivity contribution in [3.05, 3.63) is 46.0 Å². The second kappa shape index (κ2) is 7.16. The molecule has 6 heteroatoms. The molecule has 0 unspecified atom stereocenters. The summed E-state index contributed by atoms with van der Waals surface area (Å²) in [5, 5.41) is 2.64. The standard InChI is InChI=1S/C15H14INO4/c1-19-10-7-8-14(20-2)12(9-10)17-15(18)21-13-6-4-3-5-11(13)16/h3-9H,1-2H3,(H,17,18). The summed E-state index contributed by atoms with van der Waals surface area (Å²) < 4.78 is 16.4. The Kier molecular flexibility index (Phi) is 5.26. The highest BCUT2D eigenvalue weighted by atomic mass is 127. The number of rotatable bonds is 4. The first-order chi connectivity index (χ1) is 10.1. The number of ether oxygens (including phenoxy) is 3. The third-order valence-electron chi connectivity index (χ3n) is 2.68. The monoisotopic (exact) mass is 399 g/mol. The van der Waals surface area contributed by atoms with Gasteiger partial charge in [-0.25, -0.2) is 4.79 Å². The van der Waals surface area contributed by atoms with Gasteiger partial charge in [-0.1, -0.05) is 12.1 Å². The molecule has 0 saturated carbocycles. The van der Waals surface area contributed by atoms with E-state index >= 15 is 0 Å². The van der Waals surface area contributed by atoms with Crippen LogP contribution in [0.3, 0.4) is 0 Å². The fourth-order valence-electron chi connectivity index (χ4n) is 1.67. The van der Waals surface area contributed by atoms with Gasteiger partial charge in [0.2, 0.25) is 0 Å². The maximum absolute atomic E-state index is 12.0. The van der Waals surface area contributed by atoms with Crippen molar-refractivity contribution in [2.24, 2.45) is 0 Å². The van der Waals surface area contributed by atoms with Crippen LogP contribution in [0.2, 0.25) is 0 Å². The molecule has 2 aromatic carbocycles. The first-order valence-corrected chi connectivity index (χ1v) is 7.17. The molecule has 110 valence electrons. The van der Waals surface area contributed by atoms with Crippen LogP contribution in [0.1, 0.15) is 0 Å². The lowest BCUT2D eigenvalue weighted by atomic mass is 10.2. The predicted octanol–water partition coefficient (Wildman–Crippen LogP) is 3.92. The van der Waals surface area contributed by atoms with Crippen LogP contribution < -0.4 is 19.5 Å². The third-order valence-corrected chi connectivity index (χ3v) is 3.57. The smallest absolute Gasteiger partial charge is 0.417 e. The van der Waals surface area contributed by atoms with Crippen molar-refractivity contribution in [1.82, 2.24) is 0 Å². The zero-order valence-electron chi connectivity index (χ0n) is 11.6. The van der Waals surface area contributed by atoms with E-state index in [1.165, 1.54) is 7.11 Å². The zero-order valence-corrected chi connectivity index (χ0v) is 13.7. The number of anilines is 1. The Morgan fingerprint density at radius 2 is 1.81 bits per heavy atom. The summed E-state index contributed by atoms with van der Waals surface area (Å²) in [6, 6.07) is 12.4. The Balaban J connectivity index is 2.14. The van der Waals surface area contributed by atoms with Crippen molar-refractivity contribution >= 4 is 34.4 Å². The average molecular weight is 399 g/mol. The predicted molar refractivity (Wildman–Crippen MR) is 88.4 cm³/mol. The largest absolute Gasteiger partial charge is 0.497 e. The summed E-state index contributed by atoms with van der Waals surface area (Å²) in [7, 11) is 3.08. The molecule has 2 aromatic rings. The van der Waals surface area contributed by atoms with Crippen molar-refractivity contribution in [1.29, 1.82) is 0 Å². The van der Waals surface area contributed by atoms with Gasteiger partial charge in [-0.05, 0) is 46.9 Å². The first-order valence-electron chi connectivity index (χ1n) is 6.09. The number of methoxy groups -OCH3 is 2. The van der Waals surface area contributed by atoms with Crippen LogP contribution >= 0.6 is 22.6 Å². The molecular formula is C15H14INO4. The second-order valence-electron chi connectivity index (χ2n) is 4.01. The van der Waals surface area contributed by atoms with Crippen molar-refractivity contribution in [2.75, 3.05) is 19.5 Å². The van der Waals surface area contributed by atoms with Gasteiger partial charge in [-0.15, -0.1) is 0 Å². The van der Waals surface area contributed by atoms with Crippen LogP contribution in [-0.2, 0) is 0 Å². The molecule has 2 rings (SSSR count). The molecule has 0 spiro atoms. The van der Waals surface area contributed by atoms with Gasteiger partial charge >= 0.3 is 6.09 Å². The molecule has 0 heterocycles. The summed E-state index contributed by atoms with van der Waals surface area (Å²) in [5.74, 6) is 1.63. The molecule has 21 heavy (non-hydrogen) atoms. The minimum atomic E-state index is -0.592. The quantitative estimate of drug-likeness (QED) is 0.793. The molecule has 0 bridgehead atoms. The van der Waals surface area contributed by atoms with Crippen LogP contribution in [0.4, 0.5) is 10.5 Å². The molecule has 0 aliphatic carbocycles. The van der Waals surface area contributed by atoms with E-state index in [1.807, 2.05) is 12.1 Å². The zero-order chi connectivity index (χ0) is 15.2. The molecule has 1 amide bonds. The molecule has 0 aliphatic heterocycles. The van der Waals surface area contributed by atoms with Crippen molar-refractivity contribution in [3.8, 4) is 17.2 Å². The molecule has 0 aliphatic rings. The lowest BCUT2D eigenvalue weighted by molar-refractivity contribution is 0.214. The maximum atomic E-state index is 12.0. The number of carbonyl (C=O) groups excluding carboxylic acids is 1. The highest BCUT2D eigenvalue weighted by Gasteiger charge is 2.12. The van der Waals surface area contributed by atoms with Gasteiger partial charge < -0.3 is 14.2 Å². The van der Waals surface area contributed by atoms with Crippen molar-refractivity contribution in [3.63, 3.8) is 0 Å². The van der Waals surface area contributed by atoms with Gasteiger partial charge in [0.05, 0.1) is 23.5 Å². The number of halogens is 1. The summed E-state index contributed by atoms with van der Waals surface area (Å²) >= 11 is 2.10. The lowest BCUT2D eigenvalue weighted by Crippen LogP contribution is -2.17. The van der Waals surface area contributed by atoms with E-state index in [2.05, 4.69) is 27.9 Å². The van der Waals surface area contributed by atoms with E-state index in [9.17, 15) is 4.79 Å². The van der Waals surface area contributed by atoms with Crippen molar-refractivity contribution < 1.29 is 19.0 Å². The molecule has 5 nitrogen and oxygen atoms in total. The van der Waals surface area contributed by atoms with Gasteiger partial charge in [-0.3, -0.25) is 5.32 Å². The fourth-order valence-corrected chi connectivity index (χ4v) is 2.17. The molecule has 1 N–H and O–H groups in total. The van der Waals surface area contributed by atoms with Crippen LogP contribution in [-0.4, -0.2) is 20.3 Å². The number of hydrogen-bond donors (Lipinski definition) is 1. The van der Waals surface area contributed by atoms with E-state index in [1.54, 1.807) is 37.4 Å². The minimum absolute atomic E-state index is 0.479. The SMILES string of the molecule is COc1ccc(OC)c(NC(=O)Oc2ccccc2I)c1. The molecule has 0 atom stereocenters. The summed E-state index contributed by atoms with van der Waals surface area (Å²) in [6.45, 7) is 0. The normalized spacial score (nSPS) is 9.86. The fraction of sp³-hybridized carbons (Fsp3) is 0.133. The summed E-state index contributed by atoms with van der Waals surface area (Å²) in [6.07, 6.45) is -0.592. The Bertz CT molecular complexity index is 645. The summed E-state index contributed by atoms with van der Waals surface area (Å²) in [5.41, 5.74) is 0.479. The number of carbonyl (C=O) groups is 1. The Hall–Kier alpha value is -1.96. The molecule has 0 aromatic heterocycles. The Morgan fingerprint density at radius 3 is 2.48 bits per heavy atom. The third kappa shape index (κ3) is 4.01. The van der Waals surface area contributed by atoms with E-state index in [0.717, 1.165) is 3.57 Å². The molecule has 0 radical (unpaired) electrons. The molecule has 0 saturated heterocycles. The maximum Gasteiger partial charge on any atom is 0.417 e. The van der Waals surface area contributed by atoms with Gasteiger partial charge in [0.25, 0.3) is 0 Å². The molecule has 0 fully saturated rings. The van der Waals surface area contributed by atoms with Crippen LogP contribution in [0.5, 0.6) is 17.2 Å². The second-order valence-corrected chi connectivity index (χ2v) is 5.17. The van der Waals surface area contributed by atoms with Crippen LogP contribution in [0.25, 0.3) is 0 Å². The van der Waals surface area contributed by atoms with Gasteiger partial charge in [-0.2, -0.15) is 0 Å². The van der Waals surface area contributed by atoms with Crippen LogP contribution in [0, 0.1) is 3.57 Å². The van der Waals surface area contributed by atoms with E-state index in [4.69, 9.17) is 14.2 Å². The summed E-state index contributed by atoms with van der Waals surface area (Å²) in [4.78, 5) is 12.0. The number of benzene rings is 2.